The van der Waals surface area contributed by atoms with Crippen LogP contribution in [-0.4, -0.2) is 11.4 Å². The van der Waals surface area contributed by atoms with Crippen molar-refractivity contribution >= 4 is 5.91 Å². The molecule has 17 heavy (non-hydrogen) atoms. The zero-order chi connectivity index (χ0) is 12.9. The number of carbonyl (C=O) groups excluding carboxylic acids is 1. The largest absolute Gasteiger partial charge is 0.366 e. The number of benzene rings is 1. The molecule has 0 bridgehead atoms. The fraction of sp³-hybridized carbons (Fsp3) is 0.500. The molecule has 0 heterocycles. The van der Waals surface area contributed by atoms with Crippen LogP contribution >= 0.6 is 0 Å². The van der Waals surface area contributed by atoms with Gasteiger partial charge in [-0.15, -0.1) is 0 Å². The second kappa shape index (κ2) is 5.82. The van der Waals surface area contributed by atoms with E-state index in [1.165, 1.54) is 0 Å². The molecule has 1 rings (SSSR count). The summed E-state index contributed by atoms with van der Waals surface area (Å²) in [6.45, 7) is 7.31. The Bertz CT molecular complexity index is 386. The second-order valence-corrected chi connectivity index (χ2v) is 5.05. The smallest absolute Gasteiger partial charge is 0.248 e. The van der Waals surface area contributed by atoms with Gasteiger partial charge in [-0.1, -0.05) is 25.5 Å². The van der Waals surface area contributed by atoms with Crippen molar-refractivity contribution in [3.8, 4) is 0 Å². The minimum atomic E-state index is -0.375. The monoisotopic (exact) mass is 234 g/mol. The molecule has 0 saturated heterocycles. The van der Waals surface area contributed by atoms with Gasteiger partial charge in [0.25, 0.3) is 0 Å². The number of nitrogens with one attached hydrogen (secondary N) is 1. The van der Waals surface area contributed by atoms with Crippen molar-refractivity contribution in [1.29, 1.82) is 0 Å². The lowest BCUT2D eigenvalue weighted by molar-refractivity contribution is 0.1000. The van der Waals surface area contributed by atoms with E-state index in [0.717, 1.165) is 24.9 Å². The van der Waals surface area contributed by atoms with E-state index in [9.17, 15) is 4.79 Å². The number of primary amides is 1. The van der Waals surface area contributed by atoms with Gasteiger partial charge < -0.3 is 11.1 Å². The van der Waals surface area contributed by atoms with Gasteiger partial charge >= 0.3 is 0 Å². The Hall–Kier alpha value is -1.35. The molecule has 0 unspecified atom stereocenters. The molecule has 0 saturated carbocycles. The molecule has 1 aromatic rings. The third-order valence-electron chi connectivity index (χ3n) is 2.86. The fourth-order valence-corrected chi connectivity index (χ4v) is 1.89. The molecule has 0 aliphatic rings. The van der Waals surface area contributed by atoms with Crippen LogP contribution in [0, 0.1) is 0 Å². The highest BCUT2D eigenvalue weighted by atomic mass is 16.1. The van der Waals surface area contributed by atoms with Gasteiger partial charge in [0.1, 0.15) is 0 Å². The average molecular weight is 234 g/mol. The number of hydrogen-bond donors (Lipinski definition) is 2. The van der Waals surface area contributed by atoms with Gasteiger partial charge in [-0.25, -0.2) is 0 Å². The predicted molar refractivity (Wildman–Crippen MR) is 70.8 cm³/mol. The Morgan fingerprint density at radius 1 is 1.41 bits per heavy atom. The van der Waals surface area contributed by atoms with E-state index < -0.39 is 0 Å². The Morgan fingerprint density at radius 2 is 2.12 bits per heavy atom. The summed E-state index contributed by atoms with van der Waals surface area (Å²) < 4.78 is 0. The van der Waals surface area contributed by atoms with Crippen LogP contribution in [-0.2, 0) is 6.54 Å². The highest BCUT2D eigenvalue weighted by molar-refractivity contribution is 5.92. The molecule has 3 nitrogen and oxygen atoms in total. The molecule has 0 aromatic heterocycles. The first kappa shape index (κ1) is 13.7. The highest BCUT2D eigenvalue weighted by Crippen LogP contribution is 2.12. The summed E-state index contributed by atoms with van der Waals surface area (Å²) in [5, 5.41) is 3.49. The van der Waals surface area contributed by atoms with Gasteiger partial charge in [-0.2, -0.15) is 0 Å². The molecule has 1 aromatic carbocycles. The van der Waals surface area contributed by atoms with Crippen molar-refractivity contribution in [1.82, 2.24) is 5.32 Å². The number of rotatable bonds is 6. The lowest BCUT2D eigenvalue weighted by Crippen LogP contribution is -2.38. The van der Waals surface area contributed by atoms with E-state index in [2.05, 4.69) is 26.1 Å². The normalized spacial score (nSPS) is 11.5. The summed E-state index contributed by atoms with van der Waals surface area (Å²) in [5.74, 6) is -0.375. The van der Waals surface area contributed by atoms with Crippen LogP contribution in [0.1, 0.15) is 49.5 Å². The molecule has 0 spiro atoms. The molecular weight excluding hydrogens is 212 g/mol. The summed E-state index contributed by atoms with van der Waals surface area (Å²) in [5.41, 5.74) is 7.03. The standard InChI is InChI=1S/C14H22N2O/c1-4-8-14(2,3)16-10-11-6-5-7-12(9-11)13(15)17/h5-7,9,16H,4,8,10H2,1-3H3,(H2,15,17). The number of amides is 1. The molecule has 1 amide bonds. The van der Waals surface area contributed by atoms with Crippen LogP contribution in [0.15, 0.2) is 24.3 Å². The van der Waals surface area contributed by atoms with E-state index in [-0.39, 0.29) is 11.4 Å². The molecule has 94 valence electrons. The maximum atomic E-state index is 11.1. The van der Waals surface area contributed by atoms with Gasteiger partial charge in [0.2, 0.25) is 5.91 Å². The van der Waals surface area contributed by atoms with Crippen LogP contribution in [0.5, 0.6) is 0 Å². The summed E-state index contributed by atoms with van der Waals surface area (Å²) in [6.07, 6.45) is 2.28. The van der Waals surface area contributed by atoms with E-state index in [4.69, 9.17) is 5.73 Å². The summed E-state index contributed by atoms with van der Waals surface area (Å²) in [7, 11) is 0. The molecular formula is C14H22N2O. The summed E-state index contributed by atoms with van der Waals surface area (Å²) in [6, 6.07) is 7.45. The van der Waals surface area contributed by atoms with Crippen LogP contribution < -0.4 is 11.1 Å². The average Bonchev–Trinajstić information content (AvgIpc) is 2.27. The molecule has 0 atom stereocenters. The molecule has 0 aliphatic carbocycles. The first-order valence-corrected chi connectivity index (χ1v) is 6.08. The number of nitrogens with two attached hydrogens (primary N) is 1. The maximum Gasteiger partial charge on any atom is 0.248 e. The van der Waals surface area contributed by atoms with Crippen LogP contribution in [0.2, 0.25) is 0 Å². The minimum absolute atomic E-state index is 0.122. The Balaban J connectivity index is 2.63. The predicted octanol–water partition coefficient (Wildman–Crippen LogP) is 2.45. The summed E-state index contributed by atoms with van der Waals surface area (Å²) >= 11 is 0. The molecule has 0 aliphatic heterocycles. The van der Waals surface area contributed by atoms with Gasteiger partial charge in [0.15, 0.2) is 0 Å². The van der Waals surface area contributed by atoms with E-state index in [1.807, 2.05) is 18.2 Å². The van der Waals surface area contributed by atoms with E-state index in [0.29, 0.717) is 5.56 Å². The topological polar surface area (TPSA) is 55.1 Å². The van der Waals surface area contributed by atoms with Crippen molar-refractivity contribution in [2.24, 2.45) is 5.73 Å². The number of hydrogen-bond acceptors (Lipinski definition) is 2. The Labute approximate surface area is 103 Å². The molecule has 3 heteroatoms. The SMILES string of the molecule is CCCC(C)(C)NCc1cccc(C(N)=O)c1. The lowest BCUT2D eigenvalue weighted by atomic mass is 9.98. The first-order valence-electron chi connectivity index (χ1n) is 6.08. The second-order valence-electron chi connectivity index (χ2n) is 5.05. The highest BCUT2D eigenvalue weighted by Gasteiger charge is 2.15. The number of carbonyl (C=O) groups is 1. The van der Waals surface area contributed by atoms with Crippen molar-refractivity contribution in [3.63, 3.8) is 0 Å². The zero-order valence-corrected chi connectivity index (χ0v) is 10.9. The van der Waals surface area contributed by atoms with Gasteiger partial charge in [0.05, 0.1) is 0 Å². The van der Waals surface area contributed by atoms with Gasteiger partial charge in [-0.05, 0) is 38.0 Å². The quantitative estimate of drug-likeness (QED) is 0.794. The fourth-order valence-electron chi connectivity index (χ4n) is 1.89. The van der Waals surface area contributed by atoms with Gasteiger partial charge in [0, 0.05) is 17.6 Å². The van der Waals surface area contributed by atoms with Crippen LogP contribution in [0.25, 0.3) is 0 Å². The third kappa shape index (κ3) is 4.57. The van der Waals surface area contributed by atoms with E-state index >= 15 is 0 Å². The first-order chi connectivity index (χ1) is 7.94. The Kier molecular flexibility index (Phi) is 4.70. The van der Waals surface area contributed by atoms with Crippen molar-refractivity contribution in [2.75, 3.05) is 0 Å². The third-order valence-corrected chi connectivity index (χ3v) is 2.86. The van der Waals surface area contributed by atoms with Crippen LogP contribution in [0.3, 0.4) is 0 Å². The Morgan fingerprint density at radius 3 is 2.71 bits per heavy atom. The molecule has 0 fully saturated rings. The van der Waals surface area contributed by atoms with Crippen LogP contribution in [0.4, 0.5) is 0 Å². The minimum Gasteiger partial charge on any atom is -0.366 e. The zero-order valence-electron chi connectivity index (χ0n) is 10.9. The van der Waals surface area contributed by atoms with Crippen molar-refractivity contribution in [2.45, 2.75) is 45.7 Å². The maximum absolute atomic E-state index is 11.1. The lowest BCUT2D eigenvalue weighted by Gasteiger charge is -2.26. The van der Waals surface area contributed by atoms with E-state index in [1.54, 1.807) is 6.07 Å². The molecule has 3 N–H and O–H groups in total. The van der Waals surface area contributed by atoms with Crippen molar-refractivity contribution < 1.29 is 4.79 Å². The van der Waals surface area contributed by atoms with Crippen molar-refractivity contribution in [3.05, 3.63) is 35.4 Å². The van der Waals surface area contributed by atoms with Gasteiger partial charge in [-0.3, -0.25) is 4.79 Å². The molecule has 0 radical (unpaired) electrons. The summed E-state index contributed by atoms with van der Waals surface area (Å²) in [4.78, 5) is 11.1.